The van der Waals surface area contributed by atoms with Gasteiger partial charge in [0.1, 0.15) is 4.90 Å². The molecule has 0 fully saturated rings. The van der Waals surface area contributed by atoms with Crippen LogP contribution in [0.5, 0.6) is 0 Å². The highest BCUT2D eigenvalue weighted by Gasteiger charge is 2.16. The molecule has 0 spiro atoms. The lowest BCUT2D eigenvalue weighted by atomic mass is 10.2. The highest BCUT2D eigenvalue weighted by Crippen LogP contribution is 2.29. The second-order valence-electron chi connectivity index (χ2n) is 4.45. The number of anilines is 2. The molecule has 0 unspecified atom stereocenters. The van der Waals surface area contributed by atoms with E-state index in [0.717, 1.165) is 5.56 Å². The number of nitrogens with two attached hydrogens (primary N) is 2. The van der Waals surface area contributed by atoms with Gasteiger partial charge < -0.3 is 10.6 Å². The zero-order valence-corrected chi connectivity index (χ0v) is 11.8. The number of nitrogens with zero attached hydrogens (tertiary/aromatic N) is 2. The molecular formula is C13H16N4O2S. The van der Waals surface area contributed by atoms with Crippen molar-refractivity contribution >= 4 is 21.4 Å². The average Bonchev–Trinajstić information content (AvgIpc) is 2.38. The van der Waals surface area contributed by atoms with Crippen molar-refractivity contribution in [2.24, 2.45) is 5.14 Å². The van der Waals surface area contributed by atoms with E-state index in [0.29, 0.717) is 12.2 Å². The smallest absolute Gasteiger partial charge is 0.240 e. The van der Waals surface area contributed by atoms with Crippen LogP contribution in [0.1, 0.15) is 5.56 Å². The Morgan fingerprint density at radius 3 is 2.60 bits per heavy atom. The van der Waals surface area contributed by atoms with Crippen LogP contribution in [0.25, 0.3) is 0 Å². The van der Waals surface area contributed by atoms with Crippen LogP contribution >= 0.6 is 0 Å². The van der Waals surface area contributed by atoms with Gasteiger partial charge >= 0.3 is 0 Å². The number of hydrogen-bond acceptors (Lipinski definition) is 5. The van der Waals surface area contributed by atoms with Crippen LogP contribution in [-0.4, -0.2) is 20.4 Å². The van der Waals surface area contributed by atoms with Gasteiger partial charge in [-0.05, 0) is 23.8 Å². The molecule has 106 valence electrons. The van der Waals surface area contributed by atoms with E-state index >= 15 is 0 Å². The molecule has 2 aromatic rings. The van der Waals surface area contributed by atoms with Crippen molar-refractivity contribution in [1.82, 2.24) is 4.98 Å². The number of nitrogen functional groups attached to an aromatic ring is 1. The zero-order chi connectivity index (χ0) is 14.8. The molecule has 1 heterocycles. The molecular weight excluding hydrogens is 276 g/mol. The summed E-state index contributed by atoms with van der Waals surface area (Å²) >= 11 is 0. The van der Waals surface area contributed by atoms with Crippen LogP contribution in [0.2, 0.25) is 0 Å². The predicted octanol–water partition coefficient (Wildman–Crippen LogP) is 0.948. The van der Waals surface area contributed by atoms with Crippen LogP contribution in [0.15, 0.2) is 47.6 Å². The van der Waals surface area contributed by atoms with Crippen LogP contribution in [0.4, 0.5) is 11.4 Å². The summed E-state index contributed by atoms with van der Waals surface area (Å²) in [6.45, 7) is 0.562. The van der Waals surface area contributed by atoms with Gasteiger partial charge in [0.2, 0.25) is 10.0 Å². The molecule has 0 radical (unpaired) electrons. The number of hydrogen-bond donors (Lipinski definition) is 2. The van der Waals surface area contributed by atoms with Crippen molar-refractivity contribution in [3.63, 3.8) is 0 Å². The summed E-state index contributed by atoms with van der Waals surface area (Å²) in [7, 11) is -2.00. The fourth-order valence-corrected chi connectivity index (χ4v) is 2.64. The zero-order valence-electron chi connectivity index (χ0n) is 11.0. The molecule has 0 atom stereocenters. The minimum atomic E-state index is -3.83. The number of aromatic nitrogens is 1. The molecule has 6 nitrogen and oxygen atoms in total. The Kier molecular flexibility index (Phi) is 3.91. The number of para-hydroxylation sites is 1. The Hall–Kier alpha value is -2.12. The molecule has 0 bridgehead atoms. The summed E-state index contributed by atoms with van der Waals surface area (Å²) in [6.07, 6.45) is 3.44. The van der Waals surface area contributed by atoms with Gasteiger partial charge in [0.05, 0.1) is 11.4 Å². The molecule has 7 heteroatoms. The normalized spacial score (nSPS) is 11.3. The van der Waals surface area contributed by atoms with Crippen molar-refractivity contribution in [3.05, 3.63) is 48.3 Å². The lowest BCUT2D eigenvalue weighted by Gasteiger charge is -2.22. The maximum absolute atomic E-state index is 11.5. The van der Waals surface area contributed by atoms with Crippen molar-refractivity contribution in [3.8, 4) is 0 Å². The van der Waals surface area contributed by atoms with Crippen LogP contribution in [0, 0.1) is 0 Å². The average molecular weight is 292 g/mol. The largest absolute Gasteiger partial charge is 0.396 e. The molecule has 0 saturated heterocycles. The number of pyridine rings is 1. The predicted molar refractivity (Wildman–Crippen MR) is 78.6 cm³/mol. The minimum Gasteiger partial charge on any atom is -0.396 e. The summed E-state index contributed by atoms with van der Waals surface area (Å²) < 4.78 is 22.9. The van der Waals surface area contributed by atoms with E-state index in [9.17, 15) is 8.42 Å². The van der Waals surface area contributed by atoms with Gasteiger partial charge in [0, 0.05) is 26.0 Å². The first-order chi connectivity index (χ1) is 9.39. The number of primary sulfonamides is 1. The van der Waals surface area contributed by atoms with Crippen molar-refractivity contribution in [2.45, 2.75) is 11.4 Å². The molecule has 4 N–H and O–H groups in total. The Bertz CT molecular complexity index is 702. The second kappa shape index (κ2) is 5.48. The van der Waals surface area contributed by atoms with Gasteiger partial charge in [-0.15, -0.1) is 0 Å². The first-order valence-electron chi connectivity index (χ1n) is 5.91. The van der Waals surface area contributed by atoms with Crippen LogP contribution in [0.3, 0.4) is 0 Å². The Labute approximate surface area is 118 Å². The molecule has 20 heavy (non-hydrogen) atoms. The third-order valence-electron chi connectivity index (χ3n) is 2.90. The molecule has 0 saturated carbocycles. The van der Waals surface area contributed by atoms with Gasteiger partial charge in [-0.3, -0.25) is 4.98 Å². The van der Waals surface area contributed by atoms with Crippen molar-refractivity contribution in [1.29, 1.82) is 0 Å². The van der Waals surface area contributed by atoms with Gasteiger partial charge in [-0.25, -0.2) is 13.6 Å². The molecule has 0 aliphatic heterocycles. The van der Waals surface area contributed by atoms with E-state index in [1.807, 2.05) is 24.1 Å². The fourth-order valence-electron chi connectivity index (χ4n) is 1.96. The van der Waals surface area contributed by atoms with Gasteiger partial charge in [0.25, 0.3) is 0 Å². The molecule has 1 aromatic carbocycles. The van der Waals surface area contributed by atoms with Gasteiger partial charge in [-0.2, -0.15) is 0 Å². The topological polar surface area (TPSA) is 102 Å². The van der Waals surface area contributed by atoms with Gasteiger partial charge in [0.15, 0.2) is 0 Å². The number of benzene rings is 1. The molecule has 0 aliphatic carbocycles. The Morgan fingerprint density at radius 2 is 2.00 bits per heavy atom. The summed E-state index contributed by atoms with van der Waals surface area (Å²) in [5.41, 5.74) is 7.67. The monoisotopic (exact) mass is 292 g/mol. The Morgan fingerprint density at radius 1 is 1.25 bits per heavy atom. The highest BCUT2D eigenvalue weighted by molar-refractivity contribution is 7.89. The van der Waals surface area contributed by atoms with E-state index < -0.39 is 10.0 Å². The van der Waals surface area contributed by atoms with E-state index in [1.165, 1.54) is 6.07 Å². The summed E-state index contributed by atoms with van der Waals surface area (Å²) in [6, 6.07) is 8.54. The summed E-state index contributed by atoms with van der Waals surface area (Å²) in [5, 5.41) is 5.14. The van der Waals surface area contributed by atoms with E-state index in [4.69, 9.17) is 10.9 Å². The van der Waals surface area contributed by atoms with Crippen molar-refractivity contribution < 1.29 is 8.42 Å². The van der Waals surface area contributed by atoms with Crippen molar-refractivity contribution in [2.75, 3.05) is 17.7 Å². The van der Waals surface area contributed by atoms with E-state index in [1.54, 1.807) is 24.5 Å². The highest BCUT2D eigenvalue weighted by atomic mass is 32.2. The molecule has 0 aliphatic rings. The van der Waals surface area contributed by atoms with E-state index in [-0.39, 0.29) is 10.6 Å². The van der Waals surface area contributed by atoms with Gasteiger partial charge in [-0.1, -0.05) is 12.1 Å². The standard InChI is InChI=1S/C13H16N4O2S/c1-17(9-10-4-3-7-16-8-10)11-5-2-6-12(13(11)14)20(15,18)19/h2-8H,9,14H2,1H3,(H2,15,18,19). The second-order valence-corrected chi connectivity index (χ2v) is 5.98. The number of sulfonamides is 1. The Balaban J connectivity index is 2.34. The molecule has 2 rings (SSSR count). The molecule has 1 aromatic heterocycles. The summed E-state index contributed by atoms with van der Waals surface area (Å²) in [5.74, 6) is 0. The maximum atomic E-state index is 11.5. The lowest BCUT2D eigenvalue weighted by molar-refractivity contribution is 0.598. The summed E-state index contributed by atoms with van der Waals surface area (Å²) in [4.78, 5) is 5.82. The SMILES string of the molecule is CN(Cc1cccnc1)c1cccc(S(N)(=O)=O)c1N. The minimum absolute atomic E-state index is 0.0620. The first kappa shape index (κ1) is 14.3. The van der Waals surface area contributed by atoms with Crippen LogP contribution < -0.4 is 15.8 Å². The quantitative estimate of drug-likeness (QED) is 0.817. The third-order valence-corrected chi connectivity index (χ3v) is 3.87. The maximum Gasteiger partial charge on any atom is 0.240 e. The van der Waals surface area contributed by atoms with E-state index in [2.05, 4.69) is 4.98 Å². The lowest BCUT2D eigenvalue weighted by Crippen LogP contribution is -2.20. The van der Waals surface area contributed by atoms with Crippen LogP contribution in [-0.2, 0) is 16.6 Å². The third kappa shape index (κ3) is 3.06. The molecule has 0 amide bonds. The first-order valence-corrected chi connectivity index (χ1v) is 7.45. The fraction of sp³-hybridized carbons (Fsp3) is 0.154. The number of rotatable bonds is 4.